The van der Waals surface area contributed by atoms with Crippen molar-refractivity contribution in [2.45, 2.75) is 46.1 Å². The van der Waals surface area contributed by atoms with E-state index in [1.165, 1.54) is 0 Å². The monoisotopic (exact) mass is 358 g/mol. The molecule has 0 spiro atoms. The molecule has 24 heavy (non-hydrogen) atoms. The van der Waals surface area contributed by atoms with Crippen molar-refractivity contribution in [3.05, 3.63) is 23.8 Å². The summed E-state index contributed by atoms with van der Waals surface area (Å²) in [5.41, 5.74) is 7.07. The van der Waals surface area contributed by atoms with Gasteiger partial charge in [0.2, 0.25) is 5.91 Å². The zero-order valence-electron chi connectivity index (χ0n) is 15.1. The Balaban J connectivity index is 0.00000529. The molecule has 0 bridgehead atoms. The Hall–Kier alpha value is -1.46. The fourth-order valence-corrected chi connectivity index (χ4v) is 2.28. The SMILES string of the molecule is CCOc1cc(CCCNC(=O)C(N)C(C)CC)ccc1OC.Cl. The standard InChI is InChI=1S/C18H30N2O3.ClH/c1-5-13(3)17(19)18(21)20-11-7-8-14-9-10-15(22-4)16(12-14)23-6-2;/h9-10,12-13,17H,5-8,11,19H2,1-4H3,(H,20,21);1H. The summed E-state index contributed by atoms with van der Waals surface area (Å²) in [7, 11) is 1.63. The Morgan fingerprint density at radius 3 is 2.58 bits per heavy atom. The molecule has 0 radical (unpaired) electrons. The van der Waals surface area contributed by atoms with Crippen molar-refractivity contribution in [2.24, 2.45) is 11.7 Å². The summed E-state index contributed by atoms with van der Waals surface area (Å²) < 4.78 is 10.8. The minimum atomic E-state index is -0.425. The Morgan fingerprint density at radius 2 is 2.00 bits per heavy atom. The van der Waals surface area contributed by atoms with Crippen LogP contribution in [0.1, 0.15) is 39.2 Å². The lowest BCUT2D eigenvalue weighted by atomic mass is 9.99. The van der Waals surface area contributed by atoms with E-state index < -0.39 is 6.04 Å². The number of benzene rings is 1. The molecule has 0 fully saturated rings. The lowest BCUT2D eigenvalue weighted by Crippen LogP contribution is -2.44. The summed E-state index contributed by atoms with van der Waals surface area (Å²) in [5.74, 6) is 1.63. The number of halogens is 1. The van der Waals surface area contributed by atoms with Gasteiger partial charge < -0.3 is 20.5 Å². The van der Waals surface area contributed by atoms with Gasteiger partial charge in [-0.2, -0.15) is 0 Å². The fraction of sp³-hybridized carbons (Fsp3) is 0.611. The molecule has 0 aliphatic rings. The van der Waals surface area contributed by atoms with Crippen LogP contribution in [0.2, 0.25) is 0 Å². The fourth-order valence-electron chi connectivity index (χ4n) is 2.28. The number of hydrogen-bond donors (Lipinski definition) is 2. The van der Waals surface area contributed by atoms with E-state index >= 15 is 0 Å². The molecule has 1 amide bonds. The highest BCUT2D eigenvalue weighted by Gasteiger charge is 2.18. The van der Waals surface area contributed by atoms with Crippen molar-refractivity contribution in [2.75, 3.05) is 20.3 Å². The highest BCUT2D eigenvalue weighted by molar-refractivity contribution is 5.85. The molecule has 138 valence electrons. The second-order valence-electron chi connectivity index (χ2n) is 5.72. The first kappa shape index (κ1) is 22.5. The molecular formula is C18H31ClN2O3. The number of hydrogen-bond acceptors (Lipinski definition) is 4. The molecule has 0 saturated carbocycles. The first-order valence-corrected chi connectivity index (χ1v) is 8.36. The maximum absolute atomic E-state index is 11.9. The van der Waals surface area contributed by atoms with Gasteiger partial charge in [0.1, 0.15) is 0 Å². The third kappa shape index (κ3) is 6.97. The topological polar surface area (TPSA) is 73.6 Å². The minimum absolute atomic E-state index is 0. The maximum Gasteiger partial charge on any atom is 0.237 e. The van der Waals surface area contributed by atoms with Gasteiger partial charge >= 0.3 is 0 Å². The molecule has 0 aliphatic carbocycles. The van der Waals surface area contributed by atoms with Crippen LogP contribution in [-0.4, -0.2) is 32.2 Å². The number of nitrogens with two attached hydrogens (primary N) is 1. The summed E-state index contributed by atoms with van der Waals surface area (Å²) in [6.07, 6.45) is 2.63. The van der Waals surface area contributed by atoms with Crippen LogP contribution in [0.4, 0.5) is 0 Å². The van der Waals surface area contributed by atoms with Gasteiger partial charge in [-0.3, -0.25) is 4.79 Å². The van der Waals surface area contributed by atoms with Gasteiger partial charge in [-0.15, -0.1) is 12.4 Å². The molecular weight excluding hydrogens is 328 g/mol. The largest absolute Gasteiger partial charge is 0.493 e. The van der Waals surface area contributed by atoms with Crippen molar-refractivity contribution in [3.8, 4) is 11.5 Å². The number of ether oxygens (including phenoxy) is 2. The Labute approximate surface area is 151 Å². The first-order valence-electron chi connectivity index (χ1n) is 8.36. The van der Waals surface area contributed by atoms with Gasteiger partial charge in [0, 0.05) is 6.54 Å². The predicted octanol–water partition coefficient (Wildman–Crippen LogP) is 2.94. The molecule has 2 unspecified atom stereocenters. The van der Waals surface area contributed by atoms with Crippen LogP contribution in [0.3, 0.4) is 0 Å². The van der Waals surface area contributed by atoms with Crippen molar-refractivity contribution in [3.63, 3.8) is 0 Å². The number of rotatable bonds is 10. The molecule has 5 nitrogen and oxygen atoms in total. The van der Waals surface area contributed by atoms with E-state index in [-0.39, 0.29) is 24.2 Å². The lowest BCUT2D eigenvalue weighted by molar-refractivity contribution is -0.123. The van der Waals surface area contributed by atoms with Crippen LogP contribution in [0.5, 0.6) is 11.5 Å². The zero-order valence-corrected chi connectivity index (χ0v) is 15.9. The van der Waals surface area contributed by atoms with E-state index in [2.05, 4.69) is 5.32 Å². The molecule has 2 atom stereocenters. The second-order valence-corrected chi connectivity index (χ2v) is 5.72. The summed E-state index contributed by atoms with van der Waals surface area (Å²) in [6.45, 7) is 7.21. The van der Waals surface area contributed by atoms with Crippen LogP contribution in [0.15, 0.2) is 18.2 Å². The number of methoxy groups -OCH3 is 1. The second kappa shape index (κ2) is 12.0. The molecule has 0 saturated heterocycles. The van der Waals surface area contributed by atoms with Crippen LogP contribution < -0.4 is 20.5 Å². The van der Waals surface area contributed by atoms with Crippen molar-refractivity contribution < 1.29 is 14.3 Å². The van der Waals surface area contributed by atoms with Crippen molar-refractivity contribution in [1.29, 1.82) is 0 Å². The predicted molar refractivity (Wildman–Crippen MR) is 100 cm³/mol. The number of nitrogens with one attached hydrogen (secondary N) is 1. The molecule has 1 aromatic carbocycles. The highest BCUT2D eigenvalue weighted by Crippen LogP contribution is 2.28. The van der Waals surface area contributed by atoms with Crippen molar-refractivity contribution >= 4 is 18.3 Å². The average Bonchev–Trinajstić information content (AvgIpc) is 2.57. The van der Waals surface area contributed by atoms with Gasteiger partial charge in [-0.25, -0.2) is 0 Å². The van der Waals surface area contributed by atoms with Crippen LogP contribution in [-0.2, 0) is 11.2 Å². The molecule has 6 heteroatoms. The number of carbonyl (C=O) groups is 1. The Kier molecular flexibility index (Phi) is 11.3. The third-order valence-corrected chi connectivity index (χ3v) is 4.03. The van der Waals surface area contributed by atoms with E-state index in [0.717, 1.165) is 36.3 Å². The minimum Gasteiger partial charge on any atom is -0.493 e. The molecule has 3 N–H and O–H groups in total. The van der Waals surface area contributed by atoms with Crippen LogP contribution in [0.25, 0.3) is 0 Å². The number of aryl methyl sites for hydroxylation is 1. The van der Waals surface area contributed by atoms with E-state index in [1.54, 1.807) is 7.11 Å². The molecule has 0 aromatic heterocycles. The third-order valence-electron chi connectivity index (χ3n) is 4.03. The van der Waals surface area contributed by atoms with Crippen molar-refractivity contribution in [1.82, 2.24) is 5.32 Å². The van der Waals surface area contributed by atoms with Gasteiger partial charge in [0.05, 0.1) is 19.8 Å². The average molecular weight is 359 g/mol. The van der Waals surface area contributed by atoms with E-state index in [0.29, 0.717) is 13.2 Å². The number of carbonyl (C=O) groups excluding carboxylic acids is 1. The van der Waals surface area contributed by atoms with Gasteiger partial charge in [0.15, 0.2) is 11.5 Å². The van der Waals surface area contributed by atoms with E-state index in [9.17, 15) is 4.79 Å². The smallest absolute Gasteiger partial charge is 0.237 e. The molecule has 0 aliphatic heterocycles. The number of amides is 1. The van der Waals surface area contributed by atoms with E-state index in [1.807, 2.05) is 39.0 Å². The summed E-state index contributed by atoms with van der Waals surface area (Å²) in [6, 6.07) is 5.51. The summed E-state index contributed by atoms with van der Waals surface area (Å²) >= 11 is 0. The van der Waals surface area contributed by atoms with E-state index in [4.69, 9.17) is 15.2 Å². The first-order chi connectivity index (χ1) is 11.0. The normalized spacial score (nSPS) is 12.7. The van der Waals surface area contributed by atoms with Gasteiger partial charge in [-0.1, -0.05) is 26.3 Å². The highest BCUT2D eigenvalue weighted by atomic mass is 35.5. The Bertz CT molecular complexity index is 497. The van der Waals surface area contributed by atoms with Gasteiger partial charge in [0.25, 0.3) is 0 Å². The van der Waals surface area contributed by atoms with Crippen LogP contribution in [0, 0.1) is 5.92 Å². The van der Waals surface area contributed by atoms with Gasteiger partial charge in [-0.05, 0) is 43.4 Å². The summed E-state index contributed by atoms with van der Waals surface area (Å²) in [4.78, 5) is 11.9. The molecule has 1 aromatic rings. The maximum atomic E-state index is 11.9. The molecule has 0 heterocycles. The lowest BCUT2D eigenvalue weighted by Gasteiger charge is -2.17. The zero-order chi connectivity index (χ0) is 17.2. The Morgan fingerprint density at radius 1 is 1.29 bits per heavy atom. The molecule has 1 rings (SSSR count). The quantitative estimate of drug-likeness (QED) is 0.631. The van der Waals surface area contributed by atoms with Crippen LogP contribution >= 0.6 is 12.4 Å². The summed E-state index contributed by atoms with van der Waals surface area (Å²) in [5, 5.41) is 2.91.